The maximum Gasteiger partial charge on any atom is 0.235 e. The van der Waals surface area contributed by atoms with Gasteiger partial charge in [-0.1, -0.05) is 19.1 Å². The molecule has 2 rings (SSSR count). The van der Waals surface area contributed by atoms with Crippen molar-refractivity contribution >= 4 is 23.1 Å². The summed E-state index contributed by atoms with van der Waals surface area (Å²) < 4.78 is 0. The number of hydrogen-bond acceptors (Lipinski definition) is 4. The van der Waals surface area contributed by atoms with Gasteiger partial charge in [0, 0.05) is 32.7 Å². The van der Waals surface area contributed by atoms with E-state index >= 15 is 0 Å². The number of carbonyl (C=O) groups excluding carboxylic acids is 1. The third kappa shape index (κ3) is 3.55. The molecule has 0 unspecified atom stereocenters. The van der Waals surface area contributed by atoms with E-state index < -0.39 is 11.0 Å². The van der Waals surface area contributed by atoms with Crippen LogP contribution in [0.1, 0.15) is 33.6 Å². The Balaban J connectivity index is 1.93. The van der Waals surface area contributed by atoms with E-state index in [4.69, 9.17) is 18.0 Å². The van der Waals surface area contributed by atoms with Gasteiger partial charge >= 0.3 is 0 Å². The highest BCUT2D eigenvalue weighted by molar-refractivity contribution is 7.80. The maximum atomic E-state index is 12.8. The number of piperazine rings is 1. The second-order valence-electron chi connectivity index (χ2n) is 7.34. The number of β-amino-alcohol motifs (C(OH)–C–C–N with tert-alkyl or cyclic N) is 1. The molecule has 1 amide bonds. The first-order chi connectivity index (χ1) is 9.64. The zero-order chi connectivity index (χ0) is 15.8. The molecule has 1 saturated carbocycles. The molecular weight excluding hydrogens is 286 g/mol. The Bertz CT molecular complexity index is 419. The number of carbonyl (C=O) groups is 1. The van der Waals surface area contributed by atoms with Crippen molar-refractivity contribution in [2.75, 3.05) is 32.7 Å². The first-order valence-electron chi connectivity index (χ1n) is 7.68. The summed E-state index contributed by atoms with van der Waals surface area (Å²) in [4.78, 5) is 17.2. The molecule has 0 radical (unpaired) electrons. The molecule has 0 atom stereocenters. The Morgan fingerprint density at radius 3 is 2.24 bits per heavy atom. The first-order valence-corrected chi connectivity index (χ1v) is 8.09. The lowest BCUT2D eigenvalue weighted by Gasteiger charge is -2.48. The van der Waals surface area contributed by atoms with Crippen molar-refractivity contribution in [1.82, 2.24) is 9.80 Å². The molecule has 3 N–H and O–H groups in total. The van der Waals surface area contributed by atoms with E-state index in [2.05, 4.69) is 11.8 Å². The quantitative estimate of drug-likeness (QED) is 0.744. The Kier molecular flexibility index (Phi) is 4.61. The molecule has 5 nitrogen and oxygen atoms in total. The van der Waals surface area contributed by atoms with Crippen LogP contribution >= 0.6 is 12.2 Å². The van der Waals surface area contributed by atoms with Crippen LogP contribution in [0.5, 0.6) is 0 Å². The molecule has 2 fully saturated rings. The number of aliphatic hydroxyl groups is 1. The summed E-state index contributed by atoms with van der Waals surface area (Å²) in [6.45, 7) is 9.33. The van der Waals surface area contributed by atoms with Crippen LogP contribution in [0.4, 0.5) is 0 Å². The number of rotatable bonds is 4. The van der Waals surface area contributed by atoms with Gasteiger partial charge in [-0.3, -0.25) is 9.69 Å². The van der Waals surface area contributed by atoms with Gasteiger partial charge < -0.3 is 15.7 Å². The van der Waals surface area contributed by atoms with Crippen LogP contribution < -0.4 is 5.73 Å². The molecule has 1 heterocycles. The van der Waals surface area contributed by atoms with Gasteiger partial charge in [-0.05, 0) is 32.6 Å². The molecule has 2 aliphatic rings. The van der Waals surface area contributed by atoms with E-state index in [9.17, 15) is 9.90 Å². The second kappa shape index (κ2) is 5.82. The average Bonchev–Trinajstić information content (AvgIpc) is 2.32. The van der Waals surface area contributed by atoms with Gasteiger partial charge in [-0.15, -0.1) is 0 Å². The van der Waals surface area contributed by atoms with Gasteiger partial charge in [0.1, 0.15) is 0 Å². The Hall–Kier alpha value is -0.720. The fraction of sp³-hybridized carbons (Fsp3) is 0.867. The topological polar surface area (TPSA) is 69.8 Å². The van der Waals surface area contributed by atoms with E-state index in [1.165, 1.54) is 0 Å². The van der Waals surface area contributed by atoms with Crippen molar-refractivity contribution in [2.45, 2.75) is 39.2 Å². The minimum absolute atomic E-state index is 0.107. The predicted molar refractivity (Wildman–Crippen MR) is 86.9 cm³/mol. The minimum atomic E-state index is -0.699. The summed E-state index contributed by atoms with van der Waals surface area (Å²) >= 11 is 5.16. The van der Waals surface area contributed by atoms with Crippen LogP contribution in [0, 0.1) is 11.3 Å². The molecule has 1 aliphatic carbocycles. The van der Waals surface area contributed by atoms with Crippen LogP contribution in [0.3, 0.4) is 0 Å². The Labute approximate surface area is 132 Å². The Morgan fingerprint density at radius 2 is 1.86 bits per heavy atom. The van der Waals surface area contributed by atoms with Crippen LogP contribution in [-0.2, 0) is 4.79 Å². The number of hydrogen-bond donors (Lipinski definition) is 2. The second-order valence-corrected chi connectivity index (χ2v) is 7.78. The molecule has 1 saturated heterocycles. The van der Waals surface area contributed by atoms with Crippen LogP contribution in [0.2, 0.25) is 0 Å². The number of nitrogens with two attached hydrogens (primary N) is 1. The van der Waals surface area contributed by atoms with Crippen molar-refractivity contribution in [3.05, 3.63) is 0 Å². The summed E-state index contributed by atoms with van der Waals surface area (Å²) in [5.74, 6) is 0.628. The number of amides is 1. The predicted octanol–water partition coefficient (Wildman–Crippen LogP) is 0.604. The smallest absolute Gasteiger partial charge is 0.235 e. The zero-order valence-corrected chi connectivity index (χ0v) is 14.1. The maximum absolute atomic E-state index is 12.8. The highest BCUT2D eigenvalue weighted by atomic mass is 32.1. The van der Waals surface area contributed by atoms with E-state index in [1.807, 2.05) is 18.7 Å². The van der Waals surface area contributed by atoms with Gasteiger partial charge in [0.25, 0.3) is 0 Å². The molecule has 0 spiro atoms. The largest absolute Gasteiger partial charge is 0.392 e. The van der Waals surface area contributed by atoms with Gasteiger partial charge in [-0.25, -0.2) is 0 Å². The lowest BCUT2D eigenvalue weighted by molar-refractivity contribution is -0.146. The average molecular weight is 313 g/mol. The fourth-order valence-electron chi connectivity index (χ4n) is 3.57. The normalized spacial score (nSPS) is 30.9. The lowest BCUT2D eigenvalue weighted by atomic mass is 9.61. The van der Waals surface area contributed by atoms with Crippen molar-refractivity contribution < 1.29 is 9.90 Å². The van der Waals surface area contributed by atoms with Crippen molar-refractivity contribution in [3.8, 4) is 0 Å². The highest BCUT2D eigenvalue weighted by Gasteiger charge is 2.52. The molecular formula is C15H27N3O2S. The summed E-state index contributed by atoms with van der Waals surface area (Å²) in [6, 6.07) is 0. The zero-order valence-electron chi connectivity index (χ0n) is 13.3. The van der Waals surface area contributed by atoms with Gasteiger partial charge in [-0.2, -0.15) is 0 Å². The third-order valence-electron chi connectivity index (χ3n) is 4.54. The molecule has 1 aliphatic heterocycles. The van der Waals surface area contributed by atoms with Crippen molar-refractivity contribution in [2.24, 2.45) is 17.1 Å². The standard InChI is InChI=1S/C15H27N3O2S/c1-11-8-15(9-11,12(16)21)13(19)18-6-4-17(5-7-18)10-14(2,3)20/h11,20H,4-10H2,1-3H3,(H2,16,21). The van der Waals surface area contributed by atoms with E-state index in [0.717, 1.165) is 25.9 Å². The Morgan fingerprint density at radius 1 is 1.33 bits per heavy atom. The number of nitrogens with zero attached hydrogens (tertiary/aromatic N) is 2. The highest BCUT2D eigenvalue weighted by Crippen LogP contribution is 2.47. The van der Waals surface area contributed by atoms with E-state index in [1.54, 1.807) is 0 Å². The summed E-state index contributed by atoms with van der Waals surface area (Å²) in [7, 11) is 0. The van der Waals surface area contributed by atoms with Gasteiger partial charge in [0.05, 0.1) is 16.0 Å². The van der Waals surface area contributed by atoms with E-state index in [0.29, 0.717) is 30.5 Å². The molecule has 0 aromatic carbocycles. The third-order valence-corrected chi connectivity index (χ3v) is 4.94. The molecule has 0 aromatic rings. The van der Waals surface area contributed by atoms with Crippen molar-refractivity contribution in [3.63, 3.8) is 0 Å². The lowest BCUT2D eigenvalue weighted by Crippen LogP contribution is -2.60. The SMILES string of the molecule is CC1CC(C(=O)N2CCN(CC(C)(C)O)CC2)(C(N)=S)C1. The number of thiocarbonyl (C=S) groups is 1. The molecule has 6 heteroatoms. The van der Waals surface area contributed by atoms with Crippen molar-refractivity contribution in [1.29, 1.82) is 0 Å². The van der Waals surface area contributed by atoms with Crippen LogP contribution in [0.25, 0.3) is 0 Å². The van der Waals surface area contributed by atoms with Crippen LogP contribution in [-0.4, -0.2) is 64.1 Å². The first kappa shape index (κ1) is 16.6. The van der Waals surface area contributed by atoms with E-state index in [-0.39, 0.29) is 5.91 Å². The summed E-state index contributed by atoms with van der Waals surface area (Å²) in [5.41, 5.74) is 4.56. The minimum Gasteiger partial charge on any atom is -0.392 e. The van der Waals surface area contributed by atoms with Gasteiger partial charge in [0.15, 0.2) is 0 Å². The summed E-state index contributed by atoms with van der Waals surface area (Å²) in [5, 5.41) is 9.87. The molecule has 21 heavy (non-hydrogen) atoms. The molecule has 0 bridgehead atoms. The molecule has 0 aromatic heterocycles. The molecule has 120 valence electrons. The monoisotopic (exact) mass is 313 g/mol. The van der Waals surface area contributed by atoms with Crippen LogP contribution in [0.15, 0.2) is 0 Å². The van der Waals surface area contributed by atoms with Gasteiger partial charge in [0.2, 0.25) is 5.91 Å². The fourth-order valence-corrected chi connectivity index (χ4v) is 3.82. The summed E-state index contributed by atoms with van der Waals surface area (Å²) in [6.07, 6.45) is 1.57.